The van der Waals surface area contributed by atoms with Crippen LogP contribution in [0.1, 0.15) is 42.6 Å². The Labute approximate surface area is 206 Å². The van der Waals surface area contributed by atoms with E-state index in [4.69, 9.17) is 20.1 Å². The molecule has 0 atom stereocenters. The summed E-state index contributed by atoms with van der Waals surface area (Å²) in [4.78, 5) is 22.9. The van der Waals surface area contributed by atoms with Gasteiger partial charge in [0.1, 0.15) is 17.2 Å². The van der Waals surface area contributed by atoms with Crippen molar-refractivity contribution in [3.63, 3.8) is 0 Å². The zero-order valence-corrected chi connectivity index (χ0v) is 20.1. The number of benzene rings is 2. The summed E-state index contributed by atoms with van der Waals surface area (Å²) in [5.74, 6) is 1.75. The van der Waals surface area contributed by atoms with Crippen LogP contribution in [0, 0.1) is 12.3 Å². The van der Waals surface area contributed by atoms with Crippen molar-refractivity contribution in [2.75, 3.05) is 0 Å². The molecule has 0 spiro atoms. The number of amidine groups is 1. The van der Waals surface area contributed by atoms with Gasteiger partial charge >= 0.3 is 0 Å². The predicted octanol–water partition coefficient (Wildman–Crippen LogP) is 4.02. The first kappa shape index (κ1) is 23.2. The lowest BCUT2D eigenvalue weighted by atomic mass is 10.1. The zero-order valence-electron chi connectivity index (χ0n) is 20.1. The summed E-state index contributed by atoms with van der Waals surface area (Å²) in [7, 11) is 0. The quantitative estimate of drug-likeness (QED) is 0.189. The van der Waals surface area contributed by atoms with E-state index in [9.17, 15) is 4.79 Å². The molecule has 0 radical (unpaired) electrons. The minimum absolute atomic E-state index is 0.0905. The van der Waals surface area contributed by atoms with Gasteiger partial charge in [-0.25, -0.2) is 4.98 Å². The third-order valence-electron chi connectivity index (χ3n) is 5.92. The second-order valence-electron chi connectivity index (χ2n) is 8.81. The average Bonchev–Trinajstić information content (AvgIpc) is 3.48. The van der Waals surface area contributed by atoms with E-state index >= 15 is 0 Å². The van der Waals surface area contributed by atoms with Crippen molar-refractivity contribution in [3.05, 3.63) is 94.0 Å². The van der Waals surface area contributed by atoms with Crippen molar-refractivity contribution in [3.8, 4) is 17.1 Å². The van der Waals surface area contributed by atoms with E-state index in [2.05, 4.69) is 10.1 Å². The number of imidazole rings is 1. The number of aromatic nitrogens is 5. The van der Waals surface area contributed by atoms with Gasteiger partial charge in [0.2, 0.25) is 11.7 Å². The van der Waals surface area contributed by atoms with Crippen molar-refractivity contribution >= 4 is 16.9 Å². The normalized spacial score (nSPS) is 11.4. The van der Waals surface area contributed by atoms with Crippen molar-refractivity contribution < 1.29 is 9.73 Å². The molecule has 3 N–H and O–H groups in total. The molecule has 3 aromatic heterocycles. The van der Waals surface area contributed by atoms with Gasteiger partial charge in [-0.2, -0.15) is 4.98 Å². The molecule has 36 heavy (non-hydrogen) atoms. The molecule has 0 saturated heterocycles. The van der Waals surface area contributed by atoms with E-state index in [0.29, 0.717) is 40.5 Å². The summed E-state index contributed by atoms with van der Waals surface area (Å²) in [6.45, 7) is 6.28. The molecule has 182 valence electrons. The van der Waals surface area contributed by atoms with E-state index in [1.54, 1.807) is 37.4 Å². The van der Waals surface area contributed by atoms with E-state index in [1.807, 2.05) is 54.2 Å². The van der Waals surface area contributed by atoms with Gasteiger partial charge < -0.3 is 9.09 Å². The minimum Gasteiger partial charge on any atom is -0.339 e. The number of rotatable bonds is 6. The lowest BCUT2D eigenvalue weighted by molar-refractivity contribution is 0.234. The van der Waals surface area contributed by atoms with E-state index in [1.165, 1.54) is 4.57 Å². The molecule has 0 bridgehead atoms. The van der Waals surface area contributed by atoms with Crippen molar-refractivity contribution in [2.45, 2.75) is 33.2 Å². The molecular formula is C26H25N7O3. The molecule has 0 fully saturated rings. The molecular weight excluding hydrogens is 458 g/mol. The van der Waals surface area contributed by atoms with Crippen LogP contribution >= 0.6 is 0 Å². The number of aryl methyl sites for hydroxylation is 1. The van der Waals surface area contributed by atoms with E-state index in [-0.39, 0.29) is 17.3 Å². The van der Waals surface area contributed by atoms with Crippen LogP contribution in [0.15, 0.2) is 70.1 Å². The molecule has 0 saturated carbocycles. The summed E-state index contributed by atoms with van der Waals surface area (Å²) in [6, 6.07) is 16.5. The summed E-state index contributed by atoms with van der Waals surface area (Å²) in [6.07, 6.45) is 1.68. The third kappa shape index (κ3) is 4.18. The topological polar surface area (TPSA) is 135 Å². The van der Waals surface area contributed by atoms with Gasteiger partial charge in [-0.1, -0.05) is 49.3 Å². The monoisotopic (exact) mass is 483 g/mol. The highest BCUT2D eigenvalue weighted by Crippen LogP contribution is 2.24. The van der Waals surface area contributed by atoms with Gasteiger partial charge in [0.25, 0.3) is 5.56 Å². The Balaban J connectivity index is 1.63. The highest BCUT2D eigenvalue weighted by atomic mass is 16.5. The Hall–Kier alpha value is -4.57. The van der Waals surface area contributed by atoms with Gasteiger partial charge in [-0.15, -0.1) is 0 Å². The van der Waals surface area contributed by atoms with E-state index in [0.717, 1.165) is 17.0 Å². The number of fused-ring (bicyclic) bond motifs is 1. The Morgan fingerprint density at radius 2 is 1.94 bits per heavy atom. The molecule has 0 amide bonds. The molecule has 0 aliphatic carbocycles. The second-order valence-corrected chi connectivity index (χ2v) is 8.81. The first-order valence-corrected chi connectivity index (χ1v) is 11.5. The molecule has 3 heterocycles. The van der Waals surface area contributed by atoms with Crippen molar-refractivity contribution in [1.82, 2.24) is 29.7 Å². The van der Waals surface area contributed by atoms with Crippen LogP contribution in [0.2, 0.25) is 0 Å². The summed E-state index contributed by atoms with van der Waals surface area (Å²) in [5, 5.41) is 20.9. The fourth-order valence-electron chi connectivity index (χ4n) is 4.25. The molecule has 2 aromatic carbocycles. The number of hydrogen-bond donors (Lipinski definition) is 3. The van der Waals surface area contributed by atoms with Crippen molar-refractivity contribution in [2.24, 2.45) is 0 Å². The predicted molar refractivity (Wildman–Crippen MR) is 135 cm³/mol. The maximum Gasteiger partial charge on any atom is 0.281 e. The molecule has 0 unspecified atom stereocenters. The molecule has 10 nitrogen and oxygen atoms in total. The Morgan fingerprint density at radius 1 is 1.14 bits per heavy atom. The average molecular weight is 484 g/mol. The second kappa shape index (κ2) is 9.23. The number of nitrogens with one attached hydrogen (secondary N) is 2. The lowest BCUT2D eigenvalue weighted by Gasteiger charge is -2.13. The first-order valence-electron chi connectivity index (χ1n) is 11.5. The van der Waals surface area contributed by atoms with Crippen molar-refractivity contribution in [1.29, 1.82) is 5.41 Å². The standard InChI is InChI=1S/C26H25N7O3/c1-15(2)25-29-21-10-11-32(20-9-5-7-18(13-20)23(27)30-35)26(34)22(21)33(25)14-17-6-4-8-19(12-17)24-28-16(3)36-31-24/h4-13,15,35H,14H2,1-3H3,(H2,27,30). The van der Waals surface area contributed by atoms with Crippen LogP contribution in [0.4, 0.5) is 0 Å². The third-order valence-corrected chi connectivity index (χ3v) is 5.92. The molecule has 0 aliphatic heterocycles. The fraction of sp³-hybridized carbons (Fsp3) is 0.192. The highest BCUT2D eigenvalue weighted by molar-refractivity contribution is 5.96. The van der Waals surface area contributed by atoms with E-state index < -0.39 is 0 Å². The maximum absolute atomic E-state index is 13.8. The van der Waals surface area contributed by atoms with Crippen LogP contribution in [0.3, 0.4) is 0 Å². The van der Waals surface area contributed by atoms with Crippen LogP contribution in [0.5, 0.6) is 0 Å². The highest BCUT2D eigenvalue weighted by Gasteiger charge is 2.19. The smallest absolute Gasteiger partial charge is 0.281 e. The van der Waals surface area contributed by atoms with Gasteiger partial charge in [0, 0.05) is 42.4 Å². The molecule has 5 rings (SSSR count). The minimum atomic E-state index is -0.225. The summed E-state index contributed by atoms with van der Waals surface area (Å²) >= 11 is 0. The Morgan fingerprint density at radius 3 is 2.67 bits per heavy atom. The summed E-state index contributed by atoms with van der Waals surface area (Å²) < 4.78 is 8.61. The van der Waals surface area contributed by atoms with Gasteiger partial charge in [0.15, 0.2) is 0 Å². The maximum atomic E-state index is 13.8. The van der Waals surface area contributed by atoms with Gasteiger partial charge in [0.05, 0.1) is 5.52 Å². The van der Waals surface area contributed by atoms with Crippen LogP contribution in [-0.4, -0.2) is 35.3 Å². The number of pyridine rings is 1. The molecule has 10 heteroatoms. The largest absolute Gasteiger partial charge is 0.339 e. The Kier molecular flexibility index (Phi) is 5.95. The first-order chi connectivity index (χ1) is 17.4. The number of hydrogen-bond acceptors (Lipinski definition) is 7. The van der Waals surface area contributed by atoms with Gasteiger partial charge in [-0.05, 0) is 29.8 Å². The number of nitrogens with zero attached hydrogens (tertiary/aromatic N) is 5. The fourth-order valence-corrected chi connectivity index (χ4v) is 4.25. The lowest BCUT2D eigenvalue weighted by Crippen LogP contribution is -2.22. The molecule has 5 aromatic rings. The molecule has 0 aliphatic rings. The SMILES string of the molecule is Cc1nc(-c2cccc(Cn3c(C(C)C)nc4ccn(-c5cccc(C(=N)NO)c5)c(=O)c43)c2)no1. The van der Waals surface area contributed by atoms with Crippen LogP contribution in [-0.2, 0) is 6.54 Å². The number of hydroxylamine groups is 1. The summed E-state index contributed by atoms with van der Waals surface area (Å²) in [5.41, 5.74) is 5.54. The van der Waals surface area contributed by atoms with Gasteiger partial charge in [-0.3, -0.25) is 25.5 Å². The van der Waals surface area contributed by atoms with Crippen LogP contribution in [0.25, 0.3) is 28.1 Å². The Bertz CT molecular complexity index is 1650. The zero-order chi connectivity index (χ0) is 25.4. The van der Waals surface area contributed by atoms with Crippen LogP contribution < -0.4 is 11.0 Å².